The molecule has 0 aromatic carbocycles. The fraction of sp³-hybridized carbons (Fsp3) is 0.727. The lowest BCUT2D eigenvalue weighted by atomic mass is 10.0. The summed E-state index contributed by atoms with van der Waals surface area (Å²) in [6.07, 6.45) is 1.39. The van der Waals surface area contributed by atoms with E-state index in [0.29, 0.717) is 11.8 Å². The standard InChI is InChI=1S/C11H15ClF2O2S/c1-6(2)4-10(9(15)16)5-8(10)11(13,14)17-7(3)12/h4,7-8H,5H2,1-3H3,(H,15,16). The van der Waals surface area contributed by atoms with E-state index in [0.717, 1.165) is 5.57 Å². The SMILES string of the molecule is CC(C)=CC1(C(=O)O)CC1C(F)(F)SC(C)Cl. The van der Waals surface area contributed by atoms with Gasteiger partial charge >= 0.3 is 5.97 Å². The lowest BCUT2D eigenvalue weighted by Gasteiger charge is -2.19. The molecule has 1 aliphatic carbocycles. The molecule has 0 aromatic heterocycles. The average Bonchev–Trinajstić information content (AvgIpc) is 2.77. The zero-order chi connectivity index (χ0) is 13.4. The first-order valence-corrected chi connectivity index (χ1v) is 6.52. The van der Waals surface area contributed by atoms with Crippen molar-refractivity contribution in [3.63, 3.8) is 0 Å². The van der Waals surface area contributed by atoms with Crippen LogP contribution in [0.2, 0.25) is 0 Å². The third-order valence-corrected chi connectivity index (χ3v) is 3.86. The van der Waals surface area contributed by atoms with Gasteiger partial charge in [-0.25, -0.2) is 0 Å². The normalized spacial score (nSPS) is 29.6. The van der Waals surface area contributed by atoms with Crippen LogP contribution in [0.3, 0.4) is 0 Å². The average molecular weight is 285 g/mol. The van der Waals surface area contributed by atoms with Crippen LogP contribution in [0.4, 0.5) is 8.78 Å². The third kappa shape index (κ3) is 3.13. The Morgan fingerprint density at radius 3 is 2.53 bits per heavy atom. The fourth-order valence-electron chi connectivity index (χ4n) is 1.97. The van der Waals surface area contributed by atoms with E-state index < -0.39 is 27.3 Å². The summed E-state index contributed by atoms with van der Waals surface area (Å²) in [5.74, 6) is -2.36. The number of carbonyl (C=O) groups is 1. The number of rotatable bonds is 5. The highest BCUT2D eigenvalue weighted by molar-refractivity contribution is 8.02. The molecule has 1 saturated carbocycles. The molecule has 3 atom stereocenters. The van der Waals surface area contributed by atoms with Gasteiger partial charge in [0.25, 0.3) is 5.25 Å². The molecular formula is C11H15ClF2O2S. The van der Waals surface area contributed by atoms with Gasteiger partial charge in [-0.2, -0.15) is 8.78 Å². The number of aliphatic carboxylic acids is 1. The van der Waals surface area contributed by atoms with Gasteiger partial charge in [0.1, 0.15) is 0 Å². The van der Waals surface area contributed by atoms with E-state index in [9.17, 15) is 13.6 Å². The molecule has 0 saturated heterocycles. The van der Waals surface area contributed by atoms with Gasteiger partial charge in [0.2, 0.25) is 0 Å². The summed E-state index contributed by atoms with van der Waals surface area (Å²) < 4.78 is 26.8. The molecule has 0 heterocycles. The molecule has 1 rings (SSSR count). The number of halogens is 3. The second-order valence-electron chi connectivity index (χ2n) is 4.55. The molecule has 0 aromatic rings. The molecule has 1 fully saturated rings. The van der Waals surface area contributed by atoms with Gasteiger partial charge in [0.05, 0.1) is 16.0 Å². The molecule has 0 spiro atoms. The lowest BCUT2D eigenvalue weighted by Crippen LogP contribution is -2.25. The number of carboxylic acid groups (broad SMARTS) is 1. The lowest BCUT2D eigenvalue weighted by molar-refractivity contribution is -0.143. The molecule has 98 valence electrons. The Balaban J connectivity index is 2.90. The van der Waals surface area contributed by atoms with Crippen molar-refractivity contribution in [1.82, 2.24) is 0 Å². The molecule has 2 nitrogen and oxygen atoms in total. The molecule has 0 radical (unpaired) electrons. The monoisotopic (exact) mass is 284 g/mol. The quantitative estimate of drug-likeness (QED) is 0.613. The summed E-state index contributed by atoms with van der Waals surface area (Å²) >= 11 is 5.85. The van der Waals surface area contributed by atoms with Gasteiger partial charge in [-0.1, -0.05) is 23.4 Å². The van der Waals surface area contributed by atoms with E-state index >= 15 is 0 Å². The first-order valence-electron chi connectivity index (χ1n) is 5.21. The number of thioether (sulfide) groups is 1. The zero-order valence-electron chi connectivity index (χ0n) is 9.84. The predicted molar refractivity (Wildman–Crippen MR) is 65.5 cm³/mol. The van der Waals surface area contributed by atoms with Crippen molar-refractivity contribution in [1.29, 1.82) is 0 Å². The van der Waals surface area contributed by atoms with Crippen molar-refractivity contribution in [3.05, 3.63) is 11.6 Å². The maximum atomic E-state index is 13.8. The van der Waals surface area contributed by atoms with E-state index in [1.165, 1.54) is 13.0 Å². The maximum absolute atomic E-state index is 13.8. The minimum atomic E-state index is -3.11. The Labute approximate surface area is 108 Å². The van der Waals surface area contributed by atoms with E-state index in [1.54, 1.807) is 13.8 Å². The molecule has 3 unspecified atom stereocenters. The summed E-state index contributed by atoms with van der Waals surface area (Å²) in [6, 6.07) is 0. The van der Waals surface area contributed by atoms with Crippen LogP contribution in [-0.4, -0.2) is 21.0 Å². The minimum Gasteiger partial charge on any atom is -0.481 e. The minimum absolute atomic E-state index is 0.0306. The smallest absolute Gasteiger partial charge is 0.314 e. The van der Waals surface area contributed by atoms with E-state index in [1.807, 2.05) is 0 Å². The van der Waals surface area contributed by atoms with Gasteiger partial charge < -0.3 is 5.11 Å². The van der Waals surface area contributed by atoms with Crippen LogP contribution >= 0.6 is 23.4 Å². The number of allylic oxidation sites excluding steroid dienone is 1. The fourth-order valence-corrected chi connectivity index (χ4v) is 3.22. The van der Waals surface area contributed by atoms with Gasteiger partial charge in [0.15, 0.2) is 0 Å². The highest BCUT2D eigenvalue weighted by Crippen LogP contribution is 2.64. The number of hydrogen-bond acceptors (Lipinski definition) is 2. The maximum Gasteiger partial charge on any atom is 0.314 e. The van der Waals surface area contributed by atoms with Gasteiger partial charge in [-0.15, -0.1) is 11.6 Å². The second kappa shape index (κ2) is 4.76. The number of alkyl halides is 3. The number of carboxylic acids is 1. The van der Waals surface area contributed by atoms with E-state index in [2.05, 4.69) is 0 Å². The van der Waals surface area contributed by atoms with Gasteiger partial charge in [-0.3, -0.25) is 4.79 Å². The van der Waals surface area contributed by atoms with Gasteiger partial charge in [0, 0.05) is 0 Å². The predicted octanol–water partition coefficient (Wildman–Crippen LogP) is 3.95. The summed E-state index contributed by atoms with van der Waals surface area (Å²) in [5.41, 5.74) is -0.684. The molecular weight excluding hydrogens is 270 g/mol. The van der Waals surface area contributed by atoms with Crippen LogP contribution in [0.15, 0.2) is 11.6 Å². The highest BCUT2D eigenvalue weighted by Gasteiger charge is 2.69. The van der Waals surface area contributed by atoms with Crippen LogP contribution in [0.5, 0.6) is 0 Å². The topological polar surface area (TPSA) is 37.3 Å². The van der Waals surface area contributed by atoms with Crippen LogP contribution in [0, 0.1) is 11.3 Å². The van der Waals surface area contributed by atoms with Crippen molar-refractivity contribution in [2.24, 2.45) is 11.3 Å². The molecule has 0 bridgehead atoms. The summed E-state index contributed by atoms with van der Waals surface area (Å²) in [7, 11) is 0. The summed E-state index contributed by atoms with van der Waals surface area (Å²) in [6.45, 7) is 4.86. The first kappa shape index (κ1) is 14.8. The number of hydrogen-bond donors (Lipinski definition) is 1. The largest absolute Gasteiger partial charge is 0.481 e. The Kier molecular flexibility index (Phi) is 4.14. The zero-order valence-corrected chi connectivity index (χ0v) is 11.4. The van der Waals surface area contributed by atoms with Crippen LogP contribution in [-0.2, 0) is 4.79 Å². The Morgan fingerprint density at radius 2 is 2.18 bits per heavy atom. The van der Waals surface area contributed by atoms with Crippen molar-refractivity contribution in [2.75, 3.05) is 0 Å². The van der Waals surface area contributed by atoms with Crippen molar-refractivity contribution >= 4 is 29.3 Å². The Bertz CT molecular complexity index is 353. The summed E-state index contributed by atoms with van der Waals surface area (Å²) in [4.78, 5) is 11.1. The first-order chi connectivity index (χ1) is 7.62. The highest BCUT2D eigenvalue weighted by atomic mass is 35.5. The second-order valence-corrected chi connectivity index (χ2v) is 6.95. The van der Waals surface area contributed by atoms with E-state index in [-0.39, 0.29) is 6.42 Å². The Hall–Kier alpha value is -0.290. The van der Waals surface area contributed by atoms with Crippen molar-refractivity contribution < 1.29 is 18.7 Å². The molecule has 0 amide bonds. The van der Waals surface area contributed by atoms with Gasteiger partial charge in [-0.05, 0) is 27.2 Å². The summed E-state index contributed by atoms with van der Waals surface area (Å²) in [5, 5.41) is 5.99. The molecule has 1 N–H and O–H groups in total. The van der Waals surface area contributed by atoms with Crippen LogP contribution in [0.1, 0.15) is 27.2 Å². The van der Waals surface area contributed by atoms with Crippen LogP contribution < -0.4 is 0 Å². The Morgan fingerprint density at radius 1 is 1.65 bits per heavy atom. The molecule has 0 aliphatic heterocycles. The molecule has 6 heteroatoms. The van der Waals surface area contributed by atoms with E-state index in [4.69, 9.17) is 16.7 Å². The van der Waals surface area contributed by atoms with Crippen molar-refractivity contribution in [2.45, 2.75) is 37.2 Å². The van der Waals surface area contributed by atoms with Crippen LogP contribution in [0.25, 0.3) is 0 Å². The van der Waals surface area contributed by atoms with Crippen molar-refractivity contribution in [3.8, 4) is 0 Å². The third-order valence-electron chi connectivity index (χ3n) is 2.67. The molecule has 17 heavy (non-hydrogen) atoms. The molecule has 1 aliphatic rings.